The highest BCUT2D eigenvalue weighted by atomic mass is 16.8. The fourth-order valence-corrected chi connectivity index (χ4v) is 3.75. The molecule has 4 rings (SSSR count). The molecule has 0 saturated carbocycles. The molecule has 3 N–H and O–H groups in total. The van der Waals surface area contributed by atoms with Crippen LogP contribution in [0.2, 0.25) is 0 Å². The number of benzene rings is 2. The number of nitrogens with one attached hydrogen (secondary N) is 2. The van der Waals surface area contributed by atoms with Crippen LogP contribution >= 0.6 is 0 Å². The van der Waals surface area contributed by atoms with E-state index >= 15 is 0 Å². The summed E-state index contributed by atoms with van der Waals surface area (Å²) in [4.78, 5) is 9.18. The predicted molar refractivity (Wildman–Crippen MR) is 111 cm³/mol. The Balaban J connectivity index is 2.02. The molecule has 0 amide bonds. The Morgan fingerprint density at radius 2 is 2.14 bits per heavy atom. The summed E-state index contributed by atoms with van der Waals surface area (Å²) in [6, 6.07) is 9.25. The fraction of sp³-hybridized carbons (Fsp3) is 0.350. The summed E-state index contributed by atoms with van der Waals surface area (Å²) >= 11 is 0. The zero-order valence-electron chi connectivity index (χ0n) is 16.3. The number of pyridine rings is 1. The lowest BCUT2D eigenvalue weighted by Crippen LogP contribution is -2.99. The van der Waals surface area contributed by atoms with E-state index in [2.05, 4.69) is 29.2 Å². The summed E-state index contributed by atoms with van der Waals surface area (Å²) in [7, 11) is 5.74. The van der Waals surface area contributed by atoms with Gasteiger partial charge in [0.25, 0.3) is 0 Å². The van der Waals surface area contributed by atoms with E-state index in [4.69, 9.17) is 9.72 Å². The Hall–Kier alpha value is -2.65. The van der Waals surface area contributed by atoms with E-state index in [0.29, 0.717) is 5.52 Å². The van der Waals surface area contributed by atoms with Crippen LogP contribution in [0.5, 0.6) is 5.75 Å². The summed E-state index contributed by atoms with van der Waals surface area (Å²) in [5.74, 6) is 0.747. The first kappa shape index (κ1) is 18.7. The Morgan fingerprint density at radius 1 is 1.32 bits per heavy atom. The van der Waals surface area contributed by atoms with Gasteiger partial charge in [0.05, 0.1) is 23.7 Å². The topological polar surface area (TPSA) is 88.4 Å². The van der Waals surface area contributed by atoms with Crippen molar-refractivity contribution < 1.29 is 15.2 Å². The van der Waals surface area contributed by atoms with Gasteiger partial charge in [-0.2, -0.15) is 5.23 Å². The normalized spacial score (nSPS) is 15.0. The van der Waals surface area contributed by atoms with Crippen LogP contribution in [0.1, 0.15) is 0 Å². The Kier molecular flexibility index (Phi) is 4.94. The van der Waals surface area contributed by atoms with Crippen molar-refractivity contribution in [1.82, 2.24) is 9.88 Å². The summed E-state index contributed by atoms with van der Waals surface area (Å²) in [5, 5.41) is 25.9. The zero-order valence-corrected chi connectivity index (χ0v) is 16.3. The third-order valence-corrected chi connectivity index (χ3v) is 5.18. The summed E-state index contributed by atoms with van der Waals surface area (Å²) in [5.41, 5.74) is 3.41. The predicted octanol–water partition coefficient (Wildman–Crippen LogP) is 1.59. The highest BCUT2D eigenvalue weighted by Crippen LogP contribution is 2.41. The Labute approximate surface area is 163 Å². The highest BCUT2D eigenvalue weighted by Gasteiger charge is 2.24. The number of hydrogen-bond donors (Lipinski definition) is 3. The molecule has 8 heteroatoms. The van der Waals surface area contributed by atoms with Crippen molar-refractivity contribution in [3.8, 4) is 5.75 Å². The number of nitrogens with zero attached hydrogens (tertiary/aromatic N) is 3. The first-order valence-electron chi connectivity index (χ1n) is 9.31. The molecular formula is C20H25N5O3. The number of ether oxygens (including phenoxy) is 1. The van der Waals surface area contributed by atoms with Gasteiger partial charge in [-0.05, 0) is 38.4 Å². The van der Waals surface area contributed by atoms with Gasteiger partial charge in [0, 0.05) is 43.3 Å². The van der Waals surface area contributed by atoms with Crippen molar-refractivity contribution >= 4 is 38.9 Å². The van der Waals surface area contributed by atoms with Crippen molar-refractivity contribution in [3.05, 3.63) is 35.5 Å². The highest BCUT2D eigenvalue weighted by molar-refractivity contribution is 6.15. The molecule has 1 unspecified atom stereocenters. The SMILES string of the molecule is COc1ccc2nc3c([NH+]([O-])O)ccc4c3c(c2c1)NCCN4CCN(C)C. The Bertz CT molecular complexity index is 1020. The second-order valence-corrected chi connectivity index (χ2v) is 7.25. The van der Waals surface area contributed by atoms with Crippen molar-refractivity contribution in [2.75, 3.05) is 57.6 Å². The minimum atomic E-state index is -0.970. The molecule has 2 heterocycles. The first-order chi connectivity index (χ1) is 13.5. The molecule has 0 bridgehead atoms. The third kappa shape index (κ3) is 3.20. The monoisotopic (exact) mass is 383 g/mol. The lowest BCUT2D eigenvalue weighted by Gasteiger charge is -2.26. The summed E-state index contributed by atoms with van der Waals surface area (Å²) in [6.45, 7) is 3.35. The molecule has 8 nitrogen and oxygen atoms in total. The van der Waals surface area contributed by atoms with Gasteiger partial charge in [-0.3, -0.25) is 0 Å². The number of quaternary nitrogens is 1. The van der Waals surface area contributed by atoms with Gasteiger partial charge in [-0.1, -0.05) is 0 Å². The lowest BCUT2D eigenvalue weighted by atomic mass is 10.0. The van der Waals surface area contributed by atoms with Gasteiger partial charge in [-0.25, -0.2) is 10.2 Å². The van der Waals surface area contributed by atoms with Crippen LogP contribution in [0.4, 0.5) is 17.1 Å². The minimum Gasteiger partial charge on any atom is -0.595 e. The molecule has 1 atom stereocenters. The van der Waals surface area contributed by atoms with Crippen LogP contribution < -0.4 is 20.2 Å². The van der Waals surface area contributed by atoms with Gasteiger partial charge in [-0.15, -0.1) is 0 Å². The maximum absolute atomic E-state index is 11.9. The number of hydrogen-bond acceptors (Lipinski definition) is 7. The van der Waals surface area contributed by atoms with Gasteiger partial charge in [0.2, 0.25) is 0 Å². The second kappa shape index (κ2) is 7.40. The van der Waals surface area contributed by atoms with E-state index in [0.717, 1.165) is 59.6 Å². The van der Waals surface area contributed by atoms with Crippen LogP contribution in [0.25, 0.3) is 21.8 Å². The number of fused-ring (bicyclic) bond motifs is 2. The van der Waals surface area contributed by atoms with Gasteiger partial charge < -0.3 is 25.1 Å². The van der Waals surface area contributed by atoms with Crippen LogP contribution in [0.15, 0.2) is 30.3 Å². The molecule has 148 valence electrons. The maximum Gasteiger partial charge on any atom is 0.190 e. The lowest BCUT2D eigenvalue weighted by molar-refractivity contribution is -0.990. The number of likely N-dealkylation sites (N-methyl/N-ethyl adjacent to an activating group) is 1. The van der Waals surface area contributed by atoms with Gasteiger partial charge >= 0.3 is 0 Å². The molecule has 0 saturated heterocycles. The van der Waals surface area contributed by atoms with Crippen molar-refractivity contribution in [3.63, 3.8) is 0 Å². The molecule has 1 aliphatic heterocycles. The minimum absolute atomic E-state index is 0.217. The standard InChI is InChI=1S/C20H25N5O3/c1-23(2)10-11-24-9-8-21-19-14-12-13(28-3)4-5-15(14)22-20-17(25(26)27)7-6-16(24)18(19)20/h4-7,12,21,25-26H,8-11H2,1-3H3. The molecular weight excluding hydrogens is 358 g/mol. The molecule has 0 aliphatic carbocycles. The smallest absolute Gasteiger partial charge is 0.190 e. The van der Waals surface area contributed by atoms with E-state index in [1.165, 1.54) is 0 Å². The van der Waals surface area contributed by atoms with Crippen LogP contribution in [-0.4, -0.2) is 62.5 Å². The van der Waals surface area contributed by atoms with Gasteiger partial charge in [0.15, 0.2) is 5.69 Å². The molecule has 1 aliphatic rings. The van der Waals surface area contributed by atoms with E-state index in [-0.39, 0.29) is 5.69 Å². The third-order valence-electron chi connectivity index (χ3n) is 5.18. The van der Waals surface area contributed by atoms with Crippen LogP contribution in [0.3, 0.4) is 0 Å². The summed E-state index contributed by atoms with van der Waals surface area (Å²) < 4.78 is 5.40. The van der Waals surface area contributed by atoms with E-state index in [1.54, 1.807) is 13.2 Å². The van der Waals surface area contributed by atoms with Crippen molar-refractivity contribution in [1.29, 1.82) is 0 Å². The Morgan fingerprint density at radius 3 is 2.86 bits per heavy atom. The quantitative estimate of drug-likeness (QED) is 0.455. The number of rotatable bonds is 5. The number of methoxy groups -OCH3 is 1. The number of aromatic nitrogens is 1. The van der Waals surface area contributed by atoms with Gasteiger partial charge in [0.1, 0.15) is 11.3 Å². The van der Waals surface area contributed by atoms with Crippen molar-refractivity contribution in [2.24, 2.45) is 0 Å². The number of anilines is 2. The molecule has 2 aromatic carbocycles. The first-order valence-corrected chi connectivity index (χ1v) is 9.31. The largest absolute Gasteiger partial charge is 0.595 e. The van der Waals surface area contributed by atoms with E-state index < -0.39 is 5.23 Å². The summed E-state index contributed by atoms with van der Waals surface area (Å²) in [6.07, 6.45) is 0. The molecule has 3 aromatic rings. The second-order valence-electron chi connectivity index (χ2n) is 7.25. The van der Waals surface area contributed by atoms with Crippen LogP contribution in [0, 0.1) is 5.21 Å². The van der Waals surface area contributed by atoms with Crippen molar-refractivity contribution in [2.45, 2.75) is 0 Å². The van der Waals surface area contributed by atoms with E-state index in [1.807, 2.05) is 24.3 Å². The molecule has 28 heavy (non-hydrogen) atoms. The average molecular weight is 383 g/mol. The average Bonchev–Trinajstić information content (AvgIpc) is 2.86. The van der Waals surface area contributed by atoms with E-state index in [9.17, 15) is 10.4 Å². The molecule has 0 fully saturated rings. The van der Waals surface area contributed by atoms with Crippen LogP contribution in [-0.2, 0) is 0 Å². The molecule has 0 spiro atoms. The molecule has 1 aromatic heterocycles. The molecule has 0 radical (unpaired) electrons. The zero-order chi connectivity index (χ0) is 19.8. The fourth-order valence-electron chi connectivity index (χ4n) is 3.75. The maximum atomic E-state index is 11.9.